The SMILES string of the molecule is CC1CCC([O])C1. The van der Waals surface area contributed by atoms with Gasteiger partial charge in [-0.05, 0) is 25.2 Å². The first-order valence-corrected chi connectivity index (χ1v) is 2.95. The zero-order chi connectivity index (χ0) is 5.28. The molecule has 0 aliphatic heterocycles. The van der Waals surface area contributed by atoms with Crippen LogP contribution in [0.2, 0.25) is 0 Å². The minimum Gasteiger partial charge on any atom is -0.233 e. The lowest BCUT2D eigenvalue weighted by Gasteiger charge is -1.93. The van der Waals surface area contributed by atoms with Crippen LogP contribution in [0.15, 0.2) is 0 Å². The standard InChI is InChI=1S/C6H11O/c1-5-2-3-6(7)4-5/h5-6H,2-4H2,1H3. The summed E-state index contributed by atoms with van der Waals surface area (Å²) in [6, 6.07) is 0. The van der Waals surface area contributed by atoms with E-state index in [2.05, 4.69) is 6.92 Å². The molecule has 0 bridgehead atoms. The molecule has 1 saturated carbocycles. The van der Waals surface area contributed by atoms with Crippen LogP contribution >= 0.6 is 0 Å². The Morgan fingerprint density at radius 2 is 2.14 bits per heavy atom. The summed E-state index contributed by atoms with van der Waals surface area (Å²) in [5, 5.41) is 10.5. The number of hydrogen-bond donors (Lipinski definition) is 0. The summed E-state index contributed by atoms with van der Waals surface area (Å²) in [7, 11) is 0. The Balaban J connectivity index is 2.26. The summed E-state index contributed by atoms with van der Waals surface area (Å²) in [5.41, 5.74) is 0. The van der Waals surface area contributed by atoms with Crippen molar-refractivity contribution >= 4 is 0 Å². The molecule has 41 valence electrons. The molecule has 0 saturated heterocycles. The fourth-order valence-electron chi connectivity index (χ4n) is 1.15. The van der Waals surface area contributed by atoms with Crippen molar-refractivity contribution in [3.63, 3.8) is 0 Å². The molecule has 0 heterocycles. The van der Waals surface area contributed by atoms with Crippen LogP contribution in [-0.4, -0.2) is 6.10 Å². The molecular weight excluding hydrogens is 88.1 g/mol. The van der Waals surface area contributed by atoms with Crippen LogP contribution < -0.4 is 0 Å². The van der Waals surface area contributed by atoms with Crippen molar-refractivity contribution in [2.75, 3.05) is 0 Å². The molecular formula is C6H11O. The van der Waals surface area contributed by atoms with Crippen molar-refractivity contribution in [3.05, 3.63) is 0 Å². The molecule has 0 aromatic carbocycles. The zero-order valence-corrected chi connectivity index (χ0v) is 4.68. The average molecular weight is 99.2 g/mol. The van der Waals surface area contributed by atoms with E-state index in [1.165, 1.54) is 0 Å². The van der Waals surface area contributed by atoms with Crippen molar-refractivity contribution in [2.24, 2.45) is 5.92 Å². The molecule has 2 unspecified atom stereocenters. The van der Waals surface area contributed by atoms with Crippen molar-refractivity contribution < 1.29 is 5.11 Å². The van der Waals surface area contributed by atoms with Crippen LogP contribution in [0.1, 0.15) is 26.2 Å². The van der Waals surface area contributed by atoms with Gasteiger partial charge in [-0.15, -0.1) is 0 Å². The van der Waals surface area contributed by atoms with Crippen molar-refractivity contribution in [2.45, 2.75) is 32.3 Å². The quantitative estimate of drug-likeness (QED) is 0.439. The summed E-state index contributed by atoms with van der Waals surface area (Å²) in [6.45, 7) is 2.15. The molecule has 1 rings (SSSR count). The van der Waals surface area contributed by atoms with Gasteiger partial charge < -0.3 is 0 Å². The molecule has 1 heteroatoms. The highest BCUT2D eigenvalue weighted by atomic mass is 16.3. The van der Waals surface area contributed by atoms with Crippen LogP contribution in [0.25, 0.3) is 0 Å². The third kappa shape index (κ3) is 1.16. The third-order valence-corrected chi connectivity index (χ3v) is 1.65. The maximum atomic E-state index is 10.5. The van der Waals surface area contributed by atoms with Gasteiger partial charge in [0.15, 0.2) is 0 Å². The summed E-state index contributed by atoms with van der Waals surface area (Å²) in [5.74, 6) is 0.711. The summed E-state index contributed by atoms with van der Waals surface area (Å²) < 4.78 is 0. The molecule has 1 nitrogen and oxygen atoms in total. The van der Waals surface area contributed by atoms with E-state index in [0.29, 0.717) is 5.92 Å². The van der Waals surface area contributed by atoms with Gasteiger partial charge in [-0.1, -0.05) is 6.92 Å². The van der Waals surface area contributed by atoms with Gasteiger partial charge in [0, 0.05) is 0 Å². The Labute approximate surface area is 44.4 Å². The van der Waals surface area contributed by atoms with E-state index in [9.17, 15) is 5.11 Å². The van der Waals surface area contributed by atoms with Gasteiger partial charge in [-0.3, -0.25) is 0 Å². The molecule has 0 amide bonds. The van der Waals surface area contributed by atoms with Gasteiger partial charge in [0.05, 0.1) is 6.10 Å². The molecule has 0 aromatic heterocycles. The Bertz CT molecular complexity index is 53.2. The van der Waals surface area contributed by atoms with Crippen molar-refractivity contribution in [3.8, 4) is 0 Å². The first-order chi connectivity index (χ1) is 3.29. The van der Waals surface area contributed by atoms with Gasteiger partial charge in [0.25, 0.3) is 0 Å². The second-order valence-corrected chi connectivity index (χ2v) is 2.54. The highest BCUT2D eigenvalue weighted by Crippen LogP contribution is 2.24. The lowest BCUT2D eigenvalue weighted by Crippen LogP contribution is -1.94. The van der Waals surface area contributed by atoms with E-state index >= 15 is 0 Å². The summed E-state index contributed by atoms with van der Waals surface area (Å²) >= 11 is 0. The molecule has 1 radical (unpaired) electrons. The fraction of sp³-hybridized carbons (Fsp3) is 1.00. The van der Waals surface area contributed by atoms with Crippen LogP contribution in [0.3, 0.4) is 0 Å². The molecule has 2 atom stereocenters. The van der Waals surface area contributed by atoms with E-state index in [1.54, 1.807) is 0 Å². The Morgan fingerprint density at radius 3 is 2.29 bits per heavy atom. The topological polar surface area (TPSA) is 19.9 Å². The Morgan fingerprint density at radius 1 is 1.43 bits per heavy atom. The number of rotatable bonds is 0. The van der Waals surface area contributed by atoms with Crippen LogP contribution in [0.5, 0.6) is 0 Å². The Kier molecular flexibility index (Phi) is 1.33. The van der Waals surface area contributed by atoms with Gasteiger partial charge in [0.2, 0.25) is 0 Å². The van der Waals surface area contributed by atoms with Gasteiger partial charge in [-0.2, -0.15) is 0 Å². The lowest BCUT2D eigenvalue weighted by atomic mass is 10.1. The minimum atomic E-state index is -0.227. The minimum absolute atomic E-state index is 0.227. The maximum Gasteiger partial charge on any atom is 0.0932 e. The first-order valence-electron chi connectivity index (χ1n) is 2.95. The normalized spacial score (nSPS) is 42.0. The molecule has 0 N–H and O–H groups in total. The second-order valence-electron chi connectivity index (χ2n) is 2.54. The maximum absolute atomic E-state index is 10.5. The van der Waals surface area contributed by atoms with E-state index in [4.69, 9.17) is 0 Å². The Hall–Kier alpha value is -0.0400. The van der Waals surface area contributed by atoms with Crippen molar-refractivity contribution in [1.29, 1.82) is 0 Å². The highest BCUT2D eigenvalue weighted by Gasteiger charge is 2.19. The highest BCUT2D eigenvalue weighted by molar-refractivity contribution is 4.69. The van der Waals surface area contributed by atoms with Crippen LogP contribution in [-0.2, 0) is 5.11 Å². The van der Waals surface area contributed by atoms with Gasteiger partial charge in [0.1, 0.15) is 0 Å². The predicted molar refractivity (Wildman–Crippen MR) is 27.5 cm³/mol. The molecule has 1 fully saturated rings. The second kappa shape index (κ2) is 1.83. The van der Waals surface area contributed by atoms with E-state index in [-0.39, 0.29) is 6.10 Å². The zero-order valence-electron chi connectivity index (χ0n) is 4.68. The monoisotopic (exact) mass is 99.1 g/mol. The smallest absolute Gasteiger partial charge is 0.0932 e. The third-order valence-electron chi connectivity index (χ3n) is 1.65. The van der Waals surface area contributed by atoms with E-state index < -0.39 is 0 Å². The van der Waals surface area contributed by atoms with Gasteiger partial charge >= 0.3 is 0 Å². The molecule has 1 aliphatic rings. The molecule has 0 aromatic rings. The predicted octanol–water partition coefficient (Wildman–Crippen LogP) is 1.61. The fourth-order valence-corrected chi connectivity index (χ4v) is 1.15. The summed E-state index contributed by atoms with van der Waals surface area (Å²) in [6.07, 6.45) is 2.77. The largest absolute Gasteiger partial charge is 0.233 e. The first kappa shape index (κ1) is 5.10. The number of hydrogen-bond acceptors (Lipinski definition) is 0. The van der Waals surface area contributed by atoms with Gasteiger partial charge in [-0.25, -0.2) is 5.11 Å². The lowest BCUT2D eigenvalue weighted by molar-refractivity contribution is 0.0925. The average Bonchev–Trinajstić information content (AvgIpc) is 1.87. The van der Waals surface area contributed by atoms with E-state index in [1.807, 2.05) is 0 Å². The van der Waals surface area contributed by atoms with Crippen LogP contribution in [0.4, 0.5) is 0 Å². The molecule has 7 heavy (non-hydrogen) atoms. The molecule has 1 aliphatic carbocycles. The van der Waals surface area contributed by atoms with Crippen LogP contribution in [0, 0.1) is 5.92 Å². The van der Waals surface area contributed by atoms with E-state index in [0.717, 1.165) is 19.3 Å². The molecule has 0 spiro atoms. The summed E-state index contributed by atoms with van der Waals surface area (Å²) in [4.78, 5) is 0. The van der Waals surface area contributed by atoms with Crippen molar-refractivity contribution in [1.82, 2.24) is 0 Å².